The number of hydrogen-bond acceptors (Lipinski definition) is 5. The fourth-order valence-corrected chi connectivity index (χ4v) is 2.80. The highest BCUT2D eigenvalue weighted by Gasteiger charge is 2.18. The average molecular weight is 266 g/mol. The maximum Gasteiger partial charge on any atom is 0.190 e. The lowest BCUT2D eigenvalue weighted by atomic mass is 10.1. The summed E-state index contributed by atoms with van der Waals surface area (Å²) in [6, 6.07) is 5.07. The predicted molar refractivity (Wildman–Crippen MR) is 65.6 cm³/mol. The molecule has 2 aromatic rings. The number of hydrogen-bond donors (Lipinski definition) is 0. The highest BCUT2D eigenvalue weighted by atomic mass is 32.2. The topological polar surface area (TPSA) is 77.7 Å². The molecule has 0 aliphatic carbocycles. The minimum atomic E-state index is -3.42. The van der Waals surface area contributed by atoms with E-state index in [0.29, 0.717) is 0 Å². The zero-order valence-electron chi connectivity index (χ0n) is 10.5. The van der Waals surface area contributed by atoms with Crippen molar-refractivity contribution >= 4 is 9.84 Å². The first-order chi connectivity index (χ1) is 8.38. The third-order valence-electron chi connectivity index (χ3n) is 2.71. The van der Waals surface area contributed by atoms with Gasteiger partial charge in [-0.25, -0.2) is 8.42 Å². The van der Waals surface area contributed by atoms with Crippen molar-refractivity contribution in [1.82, 2.24) is 20.2 Å². The second-order valence-electron chi connectivity index (χ2n) is 4.20. The Morgan fingerprint density at radius 1 is 1.22 bits per heavy atom. The molecule has 7 heteroatoms. The van der Waals surface area contributed by atoms with E-state index in [9.17, 15) is 8.42 Å². The summed E-state index contributed by atoms with van der Waals surface area (Å²) >= 11 is 0. The fraction of sp³-hybridized carbons (Fsp3) is 0.364. The third kappa shape index (κ3) is 2.56. The van der Waals surface area contributed by atoms with Crippen LogP contribution in [-0.2, 0) is 22.6 Å². The van der Waals surface area contributed by atoms with Crippen molar-refractivity contribution in [2.75, 3.05) is 0 Å². The Hall–Kier alpha value is -1.76. The molecule has 0 radical (unpaired) electrons. The van der Waals surface area contributed by atoms with E-state index in [2.05, 4.69) is 15.4 Å². The van der Waals surface area contributed by atoms with Crippen LogP contribution < -0.4 is 0 Å². The molecule has 2 rings (SSSR count). The van der Waals surface area contributed by atoms with Gasteiger partial charge in [0, 0.05) is 0 Å². The van der Waals surface area contributed by atoms with Crippen molar-refractivity contribution in [3.63, 3.8) is 0 Å². The second-order valence-corrected chi connectivity index (χ2v) is 6.19. The maximum absolute atomic E-state index is 12.2. The predicted octanol–water partition coefficient (Wildman–Crippen LogP) is 0.801. The van der Waals surface area contributed by atoms with Gasteiger partial charge in [0.25, 0.3) is 0 Å². The van der Waals surface area contributed by atoms with Crippen molar-refractivity contribution in [2.45, 2.75) is 24.5 Å². The number of benzene rings is 1. The number of aromatic nitrogens is 4. The van der Waals surface area contributed by atoms with Crippen LogP contribution in [0.1, 0.15) is 17.0 Å². The zero-order chi connectivity index (χ0) is 13.3. The number of nitrogens with zero attached hydrogens (tertiary/aromatic N) is 4. The number of tetrazole rings is 1. The lowest BCUT2D eigenvalue weighted by Crippen LogP contribution is -2.07. The van der Waals surface area contributed by atoms with Crippen LogP contribution >= 0.6 is 0 Å². The molecule has 0 fully saturated rings. The van der Waals surface area contributed by atoms with Crippen LogP contribution in [0, 0.1) is 13.8 Å². The first kappa shape index (κ1) is 12.7. The smallest absolute Gasteiger partial charge is 0.190 e. The van der Waals surface area contributed by atoms with Crippen LogP contribution in [0.4, 0.5) is 0 Å². The molecule has 96 valence electrons. The lowest BCUT2D eigenvalue weighted by molar-refractivity contribution is 0.593. The number of aryl methyl sites for hydroxylation is 3. The molecule has 0 N–H and O–H groups in total. The molecular formula is C11H14N4O2S. The summed E-state index contributed by atoms with van der Waals surface area (Å²) in [6.07, 6.45) is 0. The largest absolute Gasteiger partial charge is 0.223 e. The van der Waals surface area contributed by atoms with E-state index >= 15 is 0 Å². The van der Waals surface area contributed by atoms with E-state index in [1.165, 1.54) is 4.80 Å². The SMILES string of the molecule is Cc1ccc(S(=O)(=O)Cc2nnn(C)n2)cc1C. The molecule has 0 atom stereocenters. The highest BCUT2D eigenvalue weighted by molar-refractivity contribution is 7.90. The van der Waals surface area contributed by atoms with E-state index in [4.69, 9.17) is 0 Å². The zero-order valence-corrected chi connectivity index (χ0v) is 11.3. The molecule has 0 saturated carbocycles. The summed E-state index contributed by atoms with van der Waals surface area (Å²) < 4.78 is 24.3. The van der Waals surface area contributed by atoms with Gasteiger partial charge in [-0.2, -0.15) is 4.80 Å². The van der Waals surface area contributed by atoms with Gasteiger partial charge in [-0.05, 0) is 42.3 Å². The summed E-state index contributed by atoms with van der Waals surface area (Å²) in [6.45, 7) is 3.82. The Morgan fingerprint density at radius 3 is 2.50 bits per heavy atom. The van der Waals surface area contributed by atoms with Crippen molar-refractivity contribution in [2.24, 2.45) is 7.05 Å². The molecule has 1 heterocycles. The number of sulfone groups is 1. The van der Waals surface area contributed by atoms with E-state index in [1.807, 2.05) is 13.8 Å². The van der Waals surface area contributed by atoms with Gasteiger partial charge in [0.05, 0.1) is 11.9 Å². The van der Waals surface area contributed by atoms with Crippen LogP contribution in [-0.4, -0.2) is 28.6 Å². The Kier molecular flexibility index (Phi) is 3.16. The van der Waals surface area contributed by atoms with Crippen LogP contribution in [0.25, 0.3) is 0 Å². The van der Waals surface area contributed by atoms with Gasteiger partial charge in [0.2, 0.25) is 0 Å². The summed E-state index contributed by atoms with van der Waals surface area (Å²) in [4.78, 5) is 1.53. The quantitative estimate of drug-likeness (QED) is 0.821. The van der Waals surface area contributed by atoms with Gasteiger partial charge in [-0.3, -0.25) is 0 Å². The Bertz CT molecular complexity index is 676. The van der Waals surface area contributed by atoms with Crippen molar-refractivity contribution in [1.29, 1.82) is 0 Å². The minimum Gasteiger partial charge on any atom is -0.223 e. The highest BCUT2D eigenvalue weighted by Crippen LogP contribution is 2.18. The molecular weight excluding hydrogens is 252 g/mol. The van der Waals surface area contributed by atoms with Crippen LogP contribution in [0.3, 0.4) is 0 Å². The molecule has 0 bridgehead atoms. The third-order valence-corrected chi connectivity index (χ3v) is 4.32. The minimum absolute atomic E-state index is 0.204. The van der Waals surface area contributed by atoms with Gasteiger partial charge in [-0.1, -0.05) is 6.07 Å². The fourth-order valence-electron chi connectivity index (χ4n) is 1.54. The molecule has 0 aliphatic heterocycles. The van der Waals surface area contributed by atoms with Crippen molar-refractivity contribution < 1.29 is 8.42 Å². The maximum atomic E-state index is 12.2. The normalized spacial score (nSPS) is 11.7. The summed E-state index contributed by atoms with van der Waals surface area (Å²) in [5.74, 6) is -0.0284. The molecule has 0 unspecified atom stereocenters. The van der Waals surface area contributed by atoms with E-state index in [0.717, 1.165) is 11.1 Å². The average Bonchev–Trinajstić information content (AvgIpc) is 2.67. The molecule has 0 saturated heterocycles. The van der Waals surface area contributed by atoms with Gasteiger partial charge in [0.15, 0.2) is 15.7 Å². The van der Waals surface area contributed by atoms with Crippen LogP contribution in [0.5, 0.6) is 0 Å². The van der Waals surface area contributed by atoms with E-state index in [1.54, 1.807) is 25.2 Å². The van der Waals surface area contributed by atoms with E-state index in [-0.39, 0.29) is 16.5 Å². The second kappa shape index (κ2) is 4.49. The molecule has 1 aromatic carbocycles. The molecule has 1 aromatic heterocycles. The van der Waals surface area contributed by atoms with Crippen molar-refractivity contribution in [3.05, 3.63) is 35.2 Å². The molecule has 6 nitrogen and oxygen atoms in total. The molecule has 0 amide bonds. The Labute approximate surface area is 106 Å². The van der Waals surface area contributed by atoms with Gasteiger partial charge in [-0.15, -0.1) is 10.2 Å². The first-order valence-electron chi connectivity index (χ1n) is 5.41. The lowest BCUT2D eigenvalue weighted by Gasteiger charge is -2.05. The molecule has 0 spiro atoms. The number of rotatable bonds is 3. The standard InChI is InChI=1S/C11H14N4O2S/c1-8-4-5-10(6-9(8)2)18(16,17)7-11-12-14-15(3)13-11/h4-6H,7H2,1-3H3. The van der Waals surface area contributed by atoms with E-state index < -0.39 is 9.84 Å². The van der Waals surface area contributed by atoms with Crippen molar-refractivity contribution in [3.8, 4) is 0 Å². The monoisotopic (exact) mass is 266 g/mol. The van der Waals surface area contributed by atoms with Crippen LogP contribution in [0.15, 0.2) is 23.1 Å². The first-order valence-corrected chi connectivity index (χ1v) is 7.06. The van der Waals surface area contributed by atoms with Gasteiger partial charge >= 0.3 is 0 Å². The molecule has 0 aliphatic rings. The summed E-state index contributed by atoms with van der Waals surface area (Å²) in [7, 11) is -1.82. The van der Waals surface area contributed by atoms with Gasteiger partial charge in [0.1, 0.15) is 5.75 Å². The Balaban J connectivity index is 2.33. The summed E-state index contributed by atoms with van der Waals surface area (Å²) in [5.41, 5.74) is 2.01. The van der Waals surface area contributed by atoms with Crippen LogP contribution in [0.2, 0.25) is 0 Å². The molecule has 18 heavy (non-hydrogen) atoms. The summed E-state index contributed by atoms with van der Waals surface area (Å²) in [5, 5.41) is 11.2. The van der Waals surface area contributed by atoms with Gasteiger partial charge < -0.3 is 0 Å². The Morgan fingerprint density at radius 2 is 1.94 bits per heavy atom.